The van der Waals surface area contributed by atoms with Crippen LogP contribution in [0.25, 0.3) is 0 Å². The number of rotatable bonds is 15. The van der Waals surface area contributed by atoms with Gasteiger partial charge in [0.15, 0.2) is 0 Å². The molecule has 0 aliphatic carbocycles. The van der Waals surface area contributed by atoms with Gasteiger partial charge in [0.2, 0.25) is 0 Å². The van der Waals surface area contributed by atoms with Gasteiger partial charge < -0.3 is 29.9 Å². The summed E-state index contributed by atoms with van der Waals surface area (Å²) in [4.78, 5) is 22.3. The number of carboxylic acid groups (broad SMARTS) is 2. The zero-order chi connectivity index (χ0) is 27.4. The quantitative estimate of drug-likeness (QED) is 0.201. The molecule has 37 heavy (non-hydrogen) atoms. The van der Waals surface area contributed by atoms with Crippen LogP contribution < -0.4 is 9.47 Å². The summed E-state index contributed by atoms with van der Waals surface area (Å²) in [6.45, 7) is 2.05. The van der Waals surface area contributed by atoms with Gasteiger partial charge in [0.05, 0.1) is 22.2 Å². The van der Waals surface area contributed by atoms with Gasteiger partial charge in [-0.05, 0) is 86.0 Å². The lowest BCUT2D eigenvalue weighted by Gasteiger charge is -2.39. The number of carbonyl (C=O) groups is 2. The molecule has 0 unspecified atom stereocenters. The zero-order valence-electron chi connectivity index (χ0n) is 20.3. The molecule has 2 aromatic rings. The van der Waals surface area contributed by atoms with Crippen LogP contribution in [0.3, 0.4) is 0 Å². The van der Waals surface area contributed by atoms with Crippen molar-refractivity contribution >= 4 is 43.8 Å². The normalized spacial score (nSPS) is 12.7. The van der Waals surface area contributed by atoms with Crippen molar-refractivity contribution < 1.29 is 39.5 Å². The molecule has 0 radical (unpaired) electrons. The van der Waals surface area contributed by atoms with E-state index >= 15 is 0 Å². The van der Waals surface area contributed by atoms with E-state index in [1.54, 1.807) is 24.3 Å². The highest BCUT2D eigenvalue weighted by atomic mass is 79.9. The Hall–Kier alpha value is -2.66. The molecule has 0 aliphatic rings. The number of hydrogen-bond donors (Lipinski definition) is 4. The van der Waals surface area contributed by atoms with Gasteiger partial charge in [-0.25, -0.2) is 9.59 Å². The Kier molecular flexibility index (Phi) is 12.3. The Labute approximate surface area is 232 Å². The minimum absolute atomic E-state index is 0.126. The molecule has 2 aromatic carbocycles. The molecule has 200 valence electrons. The average Bonchev–Trinajstić information content (AvgIpc) is 2.85. The molecule has 2 rings (SSSR count). The van der Waals surface area contributed by atoms with E-state index in [4.69, 9.17) is 29.9 Å². The lowest BCUT2D eigenvalue weighted by Crippen LogP contribution is -2.33. The van der Waals surface area contributed by atoms with E-state index in [0.29, 0.717) is 33.3 Å². The largest absolute Gasteiger partial charge is 0.490 e. The predicted molar refractivity (Wildman–Crippen MR) is 146 cm³/mol. The second-order valence-electron chi connectivity index (χ2n) is 8.29. The molecule has 0 bridgehead atoms. The standard InChI is InChI=1S/C27H30Br2O8/c1-27(19-8-10-23(21(28)16-19)36-14-12-30,20-9-11-24(22(29)17-20)37-15-13-31)18(4-2-6-25(32)33)5-3-7-26(34)35/h2-3,6-11,16-18,30-31H,4-5,12-15H2,1H3,(H,32,33)(H,34,35). The van der Waals surface area contributed by atoms with Crippen LogP contribution in [0, 0.1) is 5.92 Å². The van der Waals surface area contributed by atoms with E-state index in [0.717, 1.165) is 23.3 Å². The summed E-state index contributed by atoms with van der Waals surface area (Å²) in [6.07, 6.45) is 6.01. The number of aliphatic carboxylic acids is 2. The van der Waals surface area contributed by atoms with E-state index in [1.807, 2.05) is 31.2 Å². The number of allylic oxidation sites excluding steroid dienone is 2. The Morgan fingerprint density at radius 1 is 0.838 bits per heavy atom. The fraction of sp³-hybridized carbons (Fsp3) is 0.333. The lowest BCUT2D eigenvalue weighted by atomic mass is 9.65. The van der Waals surface area contributed by atoms with Crippen LogP contribution in [0.2, 0.25) is 0 Å². The zero-order valence-corrected chi connectivity index (χ0v) is 23.4. The number of ether oxygens (including phenoxy) is 2. The monoisotopic (exact) mass is 640 g/mol. The molecule has 4 N–H and O–H groups in total. The first-order valence-electron chi connectivity index (χ1n) is 11.5. The number of hydrogen-bond acceptors (Lipinski definition) is 6. The van der Waals surface area contributed by atoms with E-state index in [1.165, 1.54) is 0 Å². The molecule has 0 heterocycles. The van der Waals surface area contributed by atoms with Crippen LogP contribution >= 0.6 is 31.9 Å². The summed E-state index contributed by atoms with van der Waals surface area (Å²) < 4.78 is 12.5. The van der Waals surface area contributed by atoms with Crippen molar-refractivity contribution in [3.63, 3.8) is 0 Å². The highest BCUT2D eigenvalue weighted by Gasteiger charge is 2.37. The summed E-state index contributed by atoms with van der Waals surface area (Å²) in [5, 5.41) is 36.5. The minimum Gasteiger partial charge on any atom is -0.490 e. The Bertz CT molecular complexity index is 1050. The van der Waals surface area contributed by atoms with E-state index < -0.39 is 17.4 Å². The molecule has 0 aliphatic heterocycles. The molecule has 8 nitrogen and oxygen atoms in total. The summed E-state index contributed by atoms with van der Waals surface area (Å²) in [5.41, 5.74) is 1.04. The van der Waals surface area contributed by atoms with E-state index in [2.05, 4.69) is 31.9 Å². The maximum atomic E-state index is 11.2. The fourth-order valence-electron chi connectivity index (χ4n) is 4.07. The second kappa shape index (κ2) is 14.9. The summed E-state index contributed by atoms with van der Waals surface area (Å²) in [6, 6.07) is 11.2. The molecular formula is C27H30Br2O8. The number of benzene rings is 2. The van der Waals surface area contributed by atoms with Crippen molar-refractivity contribution in [1.82, 2.24) is 0 Å². The van der Waals surface area contributed by atoms with Gasteiger partial charge in [-0.2, -0.15) is 0 Å². The van der Waals surface area contributed by atoms with Gasteiger partial charge in [0.25, 0.3) is 0 Å². The van der Waals surface area contributed by atoms with Crippen LogP contribution in [0.4, 0.5) is 0 Å². The Morgan fingerprint density at radius 2 is 1.24 bits per heavy atom. The van der Waals surface area contributed by atoms with Crippen LogP contribution in [-0.2, 0) is 15.0 Å². The van der Waals surface area contributed by atoms with E-state index in [-0.39, 0.29) is 32.3 Å². The first-order chi connectivity index (χ1) is 17.6. The van der Waals surface area contributed by atoms with Gasteiger partial charge in [-0.15, -0.1) is 0 Å². The van der Waals surface area contributed by atoms with Crippen molar-refractivity contribution in [2.24, 2.45) is 5.92 Å². The van der Waals surface area contributed by atoms with Crippen molar-refractivity contribution in [1.29, 1.82) is 0 Å². The summed E-state index contributed by atoms with van der Waals surface area (Å²) in [7, 11) is 0. The van der Waals surface area contributed by atoms with Gasteiger partial charge in [0, 0.05) is 17.6 Å². The number of carboxylic acids is 2. The van der Waals surface area contributed by atoms with Crippen LogP contribution in [0.1, 0.15) is 30.9 Å². The molecule has 0 saturated carbocycles. The average molecular weight is 642 g/mol. The highest BCUT2D eigenvalue weighted by Crippen LogP contribution is 2.46. The maximum Gasteiger partial charge on any atom is 0.327 e. The molecule has 0 atom stereocenters. The number of aliphatic hydroxyl groups is 2. The Morgan fingerprint density at radius 3 is 1.57 bits per heavy atom. The predicted octanol–water partition coefficient (Wildman–Crippen LogP) is 4.94. The molecule has 0 aromatic heterocycles. The molecular weight excluding hydrogens is 612 g/mol. The van der Waals surface area contributed by atoms with Crippen LogP contribution in [0.15, 0.2) is 69.6 Å². The van der Waals surface area contributed by atoms with Crippen LogP contribution in [0.5, 0.6) is 11.5 Å². The van der Waals surface area contributed by atoms with Gasteiger partial charge >= 0.3 is 11.9 Å². The second-order valence-corrected chi connectivity index (χ2v) is 10.00. The first-order valence-corrected chi connectivity index (χ1v) is 13.1. The van der Waals surface area contributed by atoms with Crippen molar-refractivity contribution in [2.45, 2.75) is 25.2 Å². The van der Waals surface area contributed by atoms with Crippen molar-refractivity contribution in [3.05, 3.63) is 80.8 Å². The number of aliphatic hydroxyl groups excluding tert-OH is 2. The van der Waals surface area contributed by atoms with Gasteiger partial charge in [-0.3, -0.25) is 0 Å². The highest BCUT2D eigenvalue weighted by molar-refractivity contribution is 9.10. The lowest BCUT2D eigenvalue weighted by molar-refractivity contribution is -0.132. The third kappa shape index (κ3) is 8.70. The first kappa shape index (κ1) is 30.6. The molecule has 0 spiro atoms. The smallest absolute Gasteiger partial charge is 0.327 e. The summed E-state index contributed by atoms with van der Waals surface area (Å²) >= 11 is 7.09. The van der Waals surface area contributed by atoms with Crippen LogP contribution in [-0.4, -0.2) is 58.8 Å². The maximum absolute atomic E-state index is 11.2. The number of halogens is 2. The molecule has 10 heteroatoms. The van der Waals surface area contributed by atoms with Crippen molar-refractivity contribution in [3.8, 4) is 11.5 Å². The van der Waals surface area contributed by atoms with E-state index in [9.17, 15) is 9.59 Å². The SMILES string of the molecule is CC(c1ccc(OCCO)c(Br)c1)(c1ccc(OCCO)c(Br)c1)C(CC=CC(=O)O)CC=CC(=O)O. The molecule has 0 fully saturated rings. The topological polar surface area (TPSA) is 134 Å². The fourth-order valence-corrected chi connectivity index (χ4v) is 5.05. The minimum atomic E-state index is -1.07. The third-order valence-corrected chi connectivity index (χ3v) is 7.18. The third-order valence-electron chi connectivity index (χ3n) is 5.94. The molecule has 0 amide bonds. The summed E-state index contributed by atoms with van der Waals surface area (Å²) in [5.74, 6) is -1.26. The van der Waals surface area contributed by atoms with Crippen molar-refractivity contribution in [2.75, 3.05) is 26.4 Å². The Balaban J connectivity index is 2.68. The van der Waals surface area contributed by atoms with Gasteiger partial charge in [0.1, 0.15) is 24.7 Å². The molecule has 0 saturated heterocycles. The van der Waals surface area contributed by atoms with Gasteiger partial charge in [-0.1, -0.05) is 31.2 Å².